The number of nitrogens with one attached hydrogen (secondary N) is 2. The molecule has 4 nitrogen and oxygen atoms in total. The maximum atomic E-state index is 12.4. The highest BCUT2D eigenvalue weighted by Crippen LogP contribution is 2.24. The third-order valence-corrected chi connectivity index (χ3v) is 5.30. The molecule has 0 saturated heterocycles. The molecule has 1 aromatic heterocycles. The van der Waals surface area contributed by atoms with Crippen molar-refractivity contribution in [2.45, 2.75) is 36.6 Å². The van der Waals surface area contributed by atoms with Gasteiger partial charge in [0, 0.05) is 12.5 Å². The fraction of sp³-hybridized carbons (Fsp3) is 0.300. The van der Waals surface area contributed by atoms with E-state index in [4.69, 9.17) is 0 Å². The van der Waals surface area contributed by atoms with Crippen LogP contribution in [0.25, 0.3) is 11.0 Å². The van der Waals surface area contributed by atoms with Crippen molar-refractivity contribution >= 4 is 28.7 Å². The maximum absolute atomic E-state index is 12.4. The number of fused-ring (bicyclic) bond motifs is 1. The molecule has 2 N–H and O–H groups in total. The van der Waals surface area contributed by atoms with Crippen molar-refractivity contribution in [3.8, 4) is 0 Å². The van der Waals surface area contributed by atoms with Crippen LogP contribution >= 0.6 is 11.8 Å². The number of amides is 1. The van der Waals surface area contributed by atoms with Crippen molar-refractivity contribution < 1.29 is 4.79 Å². The molecule has 2 aromatic carbocycles. The number of hydrogen-bond donors (Lipinski definition) is 2. The topological polar surface area (TPSA) is 57.8 Å². The van der Waals surface area contributed by atoms with Crippen LogP contribution in [0.4, 0.5) is 0 Å². The van der Waals surface area contributed by atoms with Crippen molar-refractivity contribution in [3.05, 3.63) is 60.2 Å². The molecule has 3 aromatic rings. The van der Waals surface area contributed by atoms with Crippen LogP contribution in [0.15, 0.2) is 59.8 Å². The molecule has 1 heterocycles. The molecule has 3 rings (SSSR count). The van der Waals surface area contributed by atoms with Crippen LogP contribution in [0, 0.1) is 0 Å². The standard InChI is InChI=1S/C20H23N3OS/c1-3-15(16-9-5-4-6-10-16)13-21-19(24)14(2)25-20-22-17-11-7-8-12-18(17)23-20/h4-12,14-15H,3,13H2,1-2H3,(H,21,24)(H,22,23)/t14-,15-/m0/s1. The van der Waals surface area contributed by atoms with Gasteiger partial charge in [0.05, 0.1) is 16.3 Å². The summed E-state index contributed by atoms with van der Waals surface area (Å²) < 4.78 is 0. The van der Waals surface area contributed by atoms with E-state index in [2.05, 4.69) is 34.3 Å². The number of aromatic amines is 1. The number of nitrogens with zero attached hydrogens (tertiary/aromatic N) is 1. The zero-order valence-corrected chi connectivity index (χ0v) is 15.3. The van der Waals surface area contributed by atoms with Crippen molar-refractivity contribution in [1.29, 1.82) is 0 Å². The lowest BCUT2D eigenvalue weighted by molar-refractivity contribution is -0.120. The van der Waals surface area contributed by atoms with Gasteiger partial charge >= 0.3 is 0 Å². The first-order chi connectivity index (χ1) is 12.2. The summed E-state index contributed by atoms with van der Waals surface area (Å²) >= 11 is 1.45. The number of aromatic nitrogens is 2. The van der Waals surface area contributed by atoms with Crippen LogP contribution in [-0.4, -0.2) is 27.7 Å². The largest absolute Gasteiger partial charge is 0.355 e. The Kier molecular flexibility index (Phi) is 5.76. The summed E-state index contributed by atoms with van der Waals surface area (Å²) in [5.41, 5.74) is 3.18. The van der Waals surface area contributed by atoms with Crippen LogP contribution in [0.1, 0.15) is 31.7 Å². The van der Waals surface area contributed by atoms with Crippen LogP contribution in [0.3, 0.4) is 0 Å². The summed E-state index contributed by atoms with van der Waals surface area (Å²) in [6.07, 6.45) is 0.995. The molecule has 0 aliphatic rings. The quantitative estimate of drug-likeness (QED) is 0.621. The Hall–Kier alpha value is -2.27. The Morgan fingerprint density at radius 2 is 1.88 bits per heavy atom. The molecule has 0 unspecified atom stereocenters. The van der Waals surface area contributed by atoms with E-state index in [1.165, 1.54) is 17.3 Å². The Morgan fingerprint density at radius 1 is 1.16 bits per heavy atom. The predicted molar refractivity (Wildman–Crippen MR) is 104 cm³/mol. The number of hydrogen-bond acceptors (Lipinski definition) is 3. The first kappa shape index (κ1) is 17.5. The number of thioether (sulfide) groups is 1. The van der Waals surface area contributed by atoms with E-state index in [1.54, 1.807) is 0 Å². The highest BCUT2D eigenvalue weighted by atomic mass is 32.2. The van der Waals surface area contributed by atoms with E-state index in [0.717, 1.165) is 22.6 Å². The van der Waals surface area contributed by atoms with E-state index < -0.39 is 0 Å². The molecule has 1 amide bonds. The highest BCUT2D eigenvalue weighted by molar-refractivity contribution is 8.00. The molecule has 0 radical (unpaired) electrons. The first-order valence-corrected chi connectivity index (χ1v) is 9.49. The average Bonchev–Trinajstić information content (AvgIpc) is 3.05. The Morgan fingerprint density at radius 3 is 2.60 bits per heavy atom. The van der Waals surface area contributed by atoms with E-state index in [0.29, 0.717) is 12.5 Å². The maximum Gasteiger partial charge on any atom is 0.233 e. The van der Waals surface area contributed by atoms with Gasteiger partial charge in [-0.15, -0.1) is 0 Å². The number of para-hydroxylation sites is 2. The zero-order chi connectivity index (χ0) is 17.6. The third-order valence-electron chi connectivity index (χ3n) is 4.31. The van der Waals surface area contributed by atoms with E-state index >= 15 is 0 Å². The Labute approximate surface area is 152 Å². The number of imidazole rings is 1. The number of benzene rings is 2. The molecule has 25 heavy (non-hydrogen) atoms. The molecule has 0 spiro atoms. The second-order valence-corrected chi connectivity index (χ2v) is 7.41. The summed E-state index contributed by atoms with van der Waals surface area (Å²) in [5, 5.41) is 3.66. The number of rotatable bonds is 7. The van der Waals surface area contributed by atoms with Gasteiger partial charge < -0.3 is 10.3 Å². The van der Waals surface area contributed by atoms with Gasteiger partial charge in [-0.2, -0.15) is 0 Å². The van der Waals surface area contributed by atoms with Crippen LogP contribution in [-0.2, 0) is 4.79 Å². The van der Waals surface area contributed by atoms with Gasteiger partial charge in [0.25, 0.3) is 0 Å². The summed E-state index contributed by atoms with van der Waals surface area (Å²) in [6, 6.07) is 18.2. The predicted octanol–water partition coefficient (Wildman–Crippen LogP) is 4.35. The molecule has 0 saturated carbocycles. The number of carbonyl (C=O) groups excluding carboxylic acids is 1. The molecule has 130 valence electrons. The van der Waals surface area contributed by atoms with Crippen LogP contribution in [0.5, 0.6) is 0 Å². The molecule has 2 atom stereocenters. The minimum absolute atomic E-state index is 0.0415. The lowest BCUT2D eigenvalue weighted by Gasteiger charge is -2.17. The summed E-state index contributed by atoms with van der Waals surface area (Å²) in [7, 11) is 0. The fourth-order valence-electron chi connectivity index (χ4n) is 2.80. The van der Waals surface area contributed by atoms with Gasteiger partial charge in [-0.05, 0) is 31.0 Å². The molecule has 0 aliphatic carbocycles. The molecular weight excluding hydrogens is 330 g/mol. The summed E-state index contributed by atoms with van der Waals surface area (Å²) in [6.45, 7) is 4.72. The van der Waals surface area contributed by atoms with Gasteiger partial charge in [0.1, 0.15) is 0 Å². The normalized spacial score (nSPS) is 13.5. The fourth-order valence-corrected chi connectivity index (χ4v) is 3.64. The average molecular weight is 353 g/mol. The van der Waals surface area contributed by atoms with Crippen molar-refractivity contribution in [2.75, 3.05) is 6.54 Å². The lowest BCUT2D eigenvalue weighted by Crippen LogP contribution is -2.34. The molecular formula is C20H23N3OS. The second kappa shape index (κ2) is 8.21. The van der Waals surface area contributed by atoms with Crippen molar-refractivity contribution in [2.24, 2.45) is 0 Å². The SMILES string of the molecule is CC[C@@H](CNC(=O)[C@H](C)Sc1nc2ccccc2[nH]1)c1ccccc1. The van der Waals surface area contributed by atoms with Gasteiger partial charge in [0.15, 0.2) is 5.16 Å². The minimum atomic E-state index is -0.200. The molecule has 0 aliphatic heterocycles. The second-order valence-electron chi connectivity index (χ2n) is 6.08. The van der Waals surface area contributed by atoms with Gasteiger partial charge in [-0.25, -0.2) is 4.98 Å². The van der Waals surface area contributed by atoms with Crippen LogP contribution < -0.4 is 5.32 Å². The van der Waals surface area contributed by atoms with E-state index in [-0.39, 0.29) is 11.2 Å². The van der Waals surface area contributed by atoms with E-state index in [1.807, 2.05) is 49.4 Å². The van der Waals surface area contributed by atoms with E-state index in [9.17, 15) is 4.79 Å². The highest BCUT2D eigenvalue weighted by Gasteiger charge is 2.18. The minimum Gasteiger partial charge on any atom is -0.355 e. The Balaban J connectivity index is 1.57. The van der Waals surface area contributed by atoms with Gasteiger partial charge in [-0.1, -0.05) is 61.2 Å². The van der Waals surface area contributed by atoms with Crippen molar-refractivity contribution in [3.63, 3.8) is 0 Å². The molecule has 5 heteroatoms. The summed E-state index contributed by atoms with van der Waals surface area (Å²) in [4.78, 5) is 20.2. The Bertz CT molecular complexity index is 798. The zero-order valence-electron chi connectivity index (χ0n) is 14.5. The smallest absolute Gasteiger partial charge is 0.233 e. The third kappa shape index (κ3) is 4.42. The number of H-pyrrole nitrogens is 1. The van der Waals surface area contributed by atoms with Crippen molar-refractivity contribution in [1.82, 2.24) is 15.3 Å². The van der Waals surface area contributed by atoms with Crippen LogP contribution in [0.2, 0.25) is 0 Å². The lowest BCUT2D eigenvalue weighted by atomic mass is 9.96. The van der Waals surface area contributed by atoms with Gasteiger partial charge in [-0.3, -0.25) is 4.79 Å². The van der Waals surface area contributed by atoms with Gasteiger partial charge in [0.2, 0.25) is 5.91 Å². The monoisotopic (exact) mass is 353 g/mol. The first-order valence-electron chi connectivity index (χ1n) is 8.61. The number of carbonyl (C=O) groups is 1. The molecule has 0 bridgehead atoms. The molecule has 0 fully saturated rings. The summed E-state index contributed by atoms with van der Waals surface area (Å²) in [5.74, 6) is 0.383.